The van der Waals surface area contributed by atoms with Crippen LogP contribution in [0.25, 0.3) is 0 Å². The molecule has 1 aliphatic heterocycles. The van der Waals surface area contributed by atoms with E-state index >= 15 is 0 Å². The molecule has 0 bridgehead atoms. The van der Waals surface area contributed by atoms with E-state index in [-0.39, 0.29) is 29.7 Å². The SMILES string of the molecule is CCC(=O)C(=O)C[C@@H]1CC(c2ccco2)=Nc2ccccc2S1. The maximum Gasteiger partial charge on any atom is 0.199 e. The van der Waals surface area contributed by atoms with Gasteiger partial charge in [-0.1, -0.05) is 19.1 Å². The Morgan fingerprint density at radius 3 is 2.78 bits per heavy atom. The Labute approximate surface area is 139 Å². The van der Waals surface area contributed by atoms with E-state index < -0.39 is 0 Å². The number of para-hydroxylation sites is 1. The van der Waals surface area contributed by atoms with E-state index in [1.54, 1.807) is 24.9 Å². The number of carbonyl (C=O) groups is 2. The summed E-state index contributed by atoms with van der Waals surface area (Å²) in [5, 5.41) is -0.0227. The molecule has 5 heteroatoms. The average Bonchev–Trinajstić information content (AvgIpc) is 3.03. The minimum atomic E-state index is -0.306. The first-order valence-corrected chi connectivity index (χ1v) is 8.48. The van der Waals surface area contributed by atoms with E-state index in [0.717, 1.165) is 16.3 Å². The lowest BCUT2D eigenvalue weighted by molar-refractivity contribution is -0.136. The minimum Gasteiger partial charge on any atom is -0.463 e. The molecule has 0 fully saturated rings. The maximum atomic E-state index is 12.0. The zero-order chi connectivity index (χ0) is 16.2. The molecule has 1 atom stereocenters. The number of thioether (sulfide) groups is 1. The lowest BCUT2D eigenvalue weighted by Gasteiger charge is -2.13. The van der Waals surface area contributed by atoms with Crippen LogP contribution in [0.2, 0.25) is 0 Å². The van der Waals surface area contributed by atoms with E-state index in [0.29, 0.717) is 12.2 Å². The highest BCUT2D eigenvalue weighted by atomic mass is 32.2. The molecule has 3 rings (SSSR count). The second-order valence-electron chi connectivity index (χ2n) is 5.35. The number of Topliss-reactive ketones (excluding diaryl/α,β-unsaturated/α-hetero) is 2. The summed E-state index contributed by atoms with van der Waals surface area (Å²) >= 11 is 1.61. The van der Waals surface area contributed by atoms with Gasteiger partial charge in [0, 0.05) is 29.4 Å². The lowest BCUT2D eigenvalue weighted by Crippen LogP contribution is -2.20. The Balaban J connectivity index is 1.91. The fourth-order valence-electron chi connectivity index (χ4n) is 2.51. The van der Waals surface area contributed by atoms with Gasteiger partial charge in [-0.25, -0.2) is 4.99 Å². The van der Waals surface area contributed by atoms with Crippen LogP contribution in [0.15, 0.2) is 57.0 Å². The summed E-state index contributed by atoms with van der Waals surface area (Å²) in [6.07, 6.45) is 2.69. The number of hydrogen-bond acceptors (Lipinski definition) is 5. The molecule has 0 saturated heterocycles. The molecule has 0 aliphatic carbocycles. The third kappa shape index (κ3) is 3.62. The highest BCUT2D eigenvalue weighted by molar-refractivity contribution is 8.00. The average molecular weight is 327 g/mol. The van der Waals surface area contributed by atoms with Gasteiger partial charge in [0.15, 0.2) is 11.6 Å². The van der Waals surface area contributed by atoms with Crippen LogP contribution in [0.3, 0.4) is 0 Å². The monoisotopic (exact) mass is 327 g/mol. The van der Waals surface area contributed by atoms with Gasteiger partial charge in [0.25, 0.3) is 0 Å². The molecular weight excluding hydrogens is 310 g/mol. The number of ketones is 2. The van der Waals surface area contributed by atoms with Gasteiger partial charge in [0.2, 0.25) is 0 Å². The first-order chi connectivity index (χ1) is 11.2. The standard InChI is InChI=1S/C18H17NO3S/c1-2-15(20)16(21)11-12-10-14(17-7-5-9-22-17)19-13-6-3-4-8-18(13)23-12/h3-9,12H,2,10-11H2,1H3/t12-/m0/s1. The summed E-state index contributed by atoms with van der Waals surface area (Å²) in [5.41, 5.74) is 1.69. The van der Waals surface area contributed by atoms with Gasteiger partial charge in [-0.3, -0.25) is 9.59 Å². The summed E-state index contributed by atoms with van der Waals surface area (Å²) in [5.74, 6) is 0.101. The molecule has 0 saturated carbocycles. The predicted octanol–water partition coefficient (Wildman–Crippen LogP) is 4.20. The minimum absolute atomic E-state index is 0.0227. The van der Waals surface area contributed by atoms with Gasteiger partial charge in [0.1, 0.15) is 5.76 Å². The third-order valence-corrected chi connectivity index (χ3v) is 4.95. The van der Waals surface area contributed by atoms with Crippen LogP contribution < -0.4 is 0 Å². The van der Waals surface area contributed by atoms with Crippen molar-refractivity contribution in [2.75, 3.05) is 0 Å². The van der Waals surface area contributed by atoms with E-state index in [4.69, 9.17) is 9.41 Å². The van der Waals surface area contributed by atoms with Gasteiger partial charge in [-0.2, -0.15) is 0 Å². The molecule has 1 aliphatic rings. The quantitative estimate of drug-likeness (QED) is 0.772. The Morgan fingerprint density at radius 2 is 2.04 bits per heavy atom. The molecule has 0 amide bonds. The number of nitrogens with zero attached hydrogens (tertiary/aromatic N) is 1. The number of aliphatic imine (C=N–C) groups is 1. The van der Waals surface area contributed by atoms with E-state index in [1.807, 2.05) is 36.4 Å². The molecule has 4 nitrogen and oxygen atoms in total. The van der Waals surface area contributed by atoms with Crippen LogP contribution >= 0.6 is 11.8 Å². The fraction of sp³-hybridized carbons (Fsp3) is 0.278. The molecule has 0 N–H and O–H groups in total. The molecular formula is C18H17NO3S. The van der Waals surface area contributed by atoms with Crippen LogP contribution in [-0.2, 0) is 9.59 Å². The van der Waals surface area contributed by atoms with Crippen molar-refractivity contribution in [3.05, 3.63) is 48.4 Å². The topological polar surface area (TPSA) is 59.6 Å². The van der Waals surface area contributed by atoms with Crippen LogP contribution in [0.1, 0.15) is 31.9 Å². The van der Waals surface area contributed by atoms with Crippen molar-refractivity contribution in [2.45, 2.75) is 36.3 Å². The first-order valence-electron chi connectivity index (χ1n) is 7.60. The lowest BCUT2D eigenvalue weighted by atomic mass is 10.0. The maximum absolute atomic E-state index is 12.0. The summed E-state index contributed by atoms with van der Waals surface area (Å²) < 4.78 is 5.47. The predicted molar refractivity (Wildman–Crippen MR) is 90.5 cm³/mol. The molecule has 2 heterocycles. The molecule has 1 aromatic carbocycles. The summed E-state index contributed by atoms with van der Waals surface area (Å²) in [7, 11) is 0. The second-order valence-corrected chi connectivity index (χ2v) is 6.69. The largest absolute Gasteiger partial charge is 0.463 e. The Hall–Kier alpha value is -2.14. The summed E-state index contributed by atoms with van der Waals surface area (Å²) in [6.45, 7) is 1.71. The van der Waals surface area contributed by atoms with E-state index in [2.05, 4.69) is 0 Å². The Bertz CT molecular complexity index is 749. The number of hydrogen-bond donors (Lipinski definition) is 0. The van der Waals surface area contributed by atoms with Crippen molar-refractivity contribution < 1.29 is 14.0 Å². The molecule has 0 spiro atoms. The smallest absolute Gasteiger partial charge is 0.199 e. The van der Waals surface area contributed by atoms with E-state index in [9.17, 15) is 9.59 Å². The number of benzene rings is 1. The molecule has 0 radical (unpaired) electrons. The van der Waals surface area contributed by atoms with Gasteiger partial charge in [-0.05, 0) is 24.3 Å². The zero-order valence-electron chi connectivity index (χ0n) is 12.8. The highest BCUT2D eigenvalue weighted by Crippen LogP contribution is 2.39. The Kier molecular flexibility index (Phi) is 4.76. The fourth-order valence-corrected chi connectivity index (χ4v) is 3.73. The molecule has 118 valence electrons. The third-order valence-electron chi connectivity index (χ3n) is 3.69. The second kappa shape index (κ2) is 6.96. The highest BCUT2D eigenvalue weighted by Gasteiger charge is 2.25. The van der Waals surface area contributed by atoms with Crippen molar-refractivity contribution in [1.29, 1.82) is 0 Å². The van der Waals surface area contributed by atoms with Crippen LogP contribution in [0, 0.1) is 0 Å². The number of furan rings is 1. The van der Waals surface area contributed by atoms with Crippen LogP contribution in [0.4, 0.5) is 5.69 Å². The van der Waals surface area contributed by atoms with Gasteiger partial charge in [-0.15, -0.1) is 11.8 Å². The van der Waals surface area contributed by atoms with Gasteiger partial charge in [0.05, 0.1) is 17.7 Å². The van der Waals surface area contributed by atoms with Crippen molar-refractivity contribution in [3.8, 4) is 0 Å². The van der Waals surface area contributed by atoms with Crippen molar-refractivity contribution in [2.24, 2.45) is 4.99 Å². The first kappa shape index (κ1) is 15.7. The number of carbonyl (C=O) groups excluding carboxylic acids is 2. The molecule has 1 aromatic heterocycles. The van der Waals surface area contributed by atoms with Crippen LogP contribution in [-0.4, -0.2) is 22.5 Å². The van der Waals surface area contributed by atoms with Crippen LogP contribution in [0.5, 0.6) is 0 Å². The Morgan fingerprint density at radius 1 is 1.22 bits per heavy atom. The van der Waals surface area contributed by atoms with E-state index in [1.165, 1.54) is 0 Å². The van der Waals surface area contributed by atoms with Gasteiger partial charge >= 0.3 is 0 Å². The molecule has 2 aromatic rings. The van der Waals surface area contributed by atoms with Crippen molar-refractivity contribution in [1.82, 2.24) is 0 Å². The summed E-state index contributed by atoms with van der Waals surface area (Å²) in [4.78, 5) is 29.4. The number of fused-ring (bicyclic) bond motifs is 1. The molecule has 0 unspecified atom stereocenters. The normalized spacial score (nSPS) is 17.1. The van der Waals surface area contributed by atoms with Crippen molar-refractivity contribution >= 4 is 34.7 Å². The van der Waals surface area contributed by atoms with Crippen molar-refractivity contribution in [3.63, 3.8) is 0 Å². The summed E-state index contributed by atoms with van der Waals surface area (Å²) in [6, 6.07) is 11.5. The zero-order valence-corrected chi connectivity index (χ0v) is 13.6. The van der Waals surface area contributed by atoms with Gasteiger partial charge < -0.3 is 4.42 Å². The number of rotatable bonds is 5. The molecule has 23 heavy (non-hydrogen) atoms.